The van der Waals surface area contributed by atoms with Gasteiger partial charge >= 0.3 is 0 Å². The highest BCUT2D eigenvalue weighted by Gasteiger charge is 2.35. The summed E-state index contributed by atoms with van der Waals surface area (Å²) in [5, 5.41) is 7.36. The molecule has 8 aromatic rings. The minimum Gasteiger partial charge on any atom is -0.454 e. The van der Waals surface area contributed by atoms with E-state index in [2.05, 4.69) is 128 Å². The molecule has 0 saturated heterocycles. The van der Waals surface area contributed by atoms with Crippen molar-refractivity contribution < 1.29 is 4.42 Å². The highest BCUT2D eigenvalue weighted by Crippen LogP contribution is 2.50. The van der Waals surface area contributed by atoms with Crippen molar-refractivity contribution in [1.29, 1.82) is 0 Å². The second kappa shape index (κ2) is 7.18. The fraction of sp³-hybridized carbons (Fsp3) is 0.0811. The van der Waals surface area contributed by atoms with Crippen LogP contribution in [0, 0.1) is 0 Å². The van der Waals surface area contributed by atoms with Crippen molar-refractivity contribution in [2.75, 3.05) is 0 Å². The minimum absolute atomic E-state index is 0.0139. The number of nitrogens with zero attached hydrogens (tertiary/aromatic N) is 1. The average Bonchev–Trinajstić information content (AvgIpc) is 3.57. The molecule has 184 valence electrons. The molecule has 0 amide bonds. The molecule has 9 rings (SSSR count). The lowest BCUT2D eigenvalue weighted by atomic mass is 9.82. The van der Waals surface area contributed by atoms with Crippen LogP contribution < -0.4 is 0 Å². The summed E-state index contributed by atoms with van der Waals surface area (Å²) in [7, 11) is 0. The molecule has 0 atom stereocenters. The maximum absolute atomic E-state index is 6.49. The second-order valence-corrected chi connectivity index (χ2v) is 11.4. The van der Waals surface area contributed by atoms with Crippen LogP contribution in [0.1, 0.15) is 25.0 Å². The number of hydrogen-bond acceptors (Lipinski definition) is 1. The van der Waals surface area contributed by atoms with E-state index in [0.717, 1.165) is 27.6 Å². The zero-order valence-electron chi connectivity index (χ0n) is 21.8. The Morgan fingerprint density at radius 2 is 1.28 bits per heavy atom. The second-order valence-electron chi connectivity index (χ2n) is 11.4. The van der Waals surface area contributed by atoms with Crippen LogP contribution in [-0.4, -0.2) is 4.57 Å². The summed E-state index contributed by atoms with van der Waals surface area (Å²) in [6, 6.07) is 42.0. The maximum atomic E-state index is 6.49. The van der Waals surface area contributed by atoms with Gasteiger partial charge in [0.05, 0.1) is 16.7 Å². The quantitative estimate of drug-likeness (QED) is 0.220. The Bertz CT molecular complexity index is 2310. The topological polar surface area (TPSA) is 18.1 Å². The molecule has 0 saturated carbocycles. The first kappa shape index (κ1) is 21.2. The molecule has 2 nitrogen and oxygen atoms in total. The van der Waals surface area contributed by atoms with Crippen LogP contribution in [0.15, 0.2) is 120 Å². The van der Waals surface area contributed by atoms with Gasteiger partial charge in [-0.15, -0.1) is 0 Å². The van der Waals surface area contributed by atoms with E-state index in [9.17, 15) is 0 Å². The number of furan rings is 1. The van der Waals surface area contributed by atoms with E-state index in [4.69, 9.17) is 4.42 Å². The smallest absolute Gasteiger partial charge is 0.159 e. The van der Waals surface area contributed by atoms with Gasteiger partial charge in [-0.25, -0.2) is 0 Å². The van der Waals surface area contributed by atoms with Crippen LogP contribution in [0.2, 0.25) is 0 Å². The third kappa shape index (κ3) is 2.66. The molecule has 0 bridgehead atoms. The van der Waals surface area contributed by atoms with E-state index in [1.54, 1.807) is 0 Å². The molecule has 6 aromatic carbocycles. The Hall–Kier alpha value is -4.82. The van der Waals surface area contributed by atoms with Crippen LogP contribution in [0.25, 0.3) is 71.3 Å². The van der Waals surface area contributed by atoms with Gasteiger partial charge in [-0.05, 0) is 75.5 Å². The summed E-state index contributed by atoms with van der Waals surface area (Å²) in [6.07, 6.45) is 0. The van der Waals surface area contributed by atoms with Gasteiger partial charge in [0.15, 0.2) is 5.58 Å². The molecule has 0 N–H and O–H groups in total. The maximum Gasteiger partial charge on any atom is 0.159 e. The first-order chi connectivity index (χ1) is 19.1. The summed E-state index contributed by atoms with van der Waals surface area (Å²) in [4.78, 5) is 0. The summed E-state index contributed by atoms with van der Waals surface area (Å²) in [5.41, 5.74) is 10.8. The molecule has 1 aliphatic carbocycles. The fourth-order valence-corrected chi connectivity index (χ4v) is 7.08. The summed E-state index contributed by atoms with van der Waals surface area (Å²) < 4.78 is 8.88. The molecule has 0 fully saturated rings. The molecule has 2 aromatic heterocycles. The van der Waals surface area contributed by atoms with E-state index < -0.39 is 0 Å². The molecule has 0 spiro atoms. The standard InChI is InChI=1S/C37H25NO/c1-37(2)30-14-6-3-10-24(30)28-18-23-21-34-29(19-22(23)20-31(28)37)25-11-4-7-15-32(25)38(34)33-16-9-13-27-26-12-5-8-17-35(26)39-36(27)33/h3-21H,1-2H3. The highest BCUT2D eigenvalue weighted by molar-refractivity contribution is 6.16. The Labute approximate surface area is 225 Å². The van der Waals surface area contributed by atoms with E-state index >= 15 is 0 Å². The Morgan fingerprint density at radius 3 is 2.21 bits per heavy atom. The van der Waals surface area contributed by atoms with E-state index in [1.807, 2.05) is 6.07 Å². The fourth-order valence-electron chi connectivity index (χ4n) is 7.08. The molecule has 2 heteroatoms. The average molecular weight is 500 g/mol. The van der Waals surface area contributed by atoms with Crippen LogP contribution >= 0.6 is 0 Å². The van der Waals surface area contributed by atoms with Crippen molar-refractivity contribution in [3.05, 3.63) is 126 Å². The number of rotatable bonds is 1. The zero-order chi connectivity index (χ0) is 25.9. The van der Waals surface area contributed by atoms with Crippen molar-refractivity contribution in [1.82, 2.24) is 4.57 Å². The van der Waals surface area contributed by atoms with E-state index in [0.29, 0.717) is 0 Å². The lowest BCUT2D eigenvalue weighted by Crippen LogP contribution is -2.14. The van der Waals surface area contributed by atoms with Crippen LogP contribution in [0.3, 0.4) is 0 Å². The van der Waals surface area contributed by atoms with Crippen molar-refractivity contribution in [3.8, 4) is 16.8 Å². The lowest BCUT2D eigenvalue weighted by Gasteiger charge is -2.21. The lowest BCUT2D eigenvalue weighted by molar-refractivity contribution is 0.661. The number of hydrogen-bond donors (Lipinski definition) is 0. The molecule has 0 aliphatic heterocycles. The van der Waals surface area contributed by atoms with Crippen molar-refractivity contribution in [3.63, 3.8) is 0 Å². The molecule has 1 aliphatic rings. The number of benzene rings is 6. The predicted octanol–water partition coefficient (Wildman–Crippen LogP) is 10.1. The van der Waals surface area contributed by atoms with Gasteiger partial charge in [0.25, 0.3) is 0 Å². The highest BCUT2D eigenvalue weighted by atomic mass is 16.3. The monoisotopic (exact) mass is 499 g/mol. The van der Waals surface area contributed by atoms with Gasteiger partial charge in [-0.1, -0.05) is 86.6 Å². The largest absolute Gasteiger partial charge is 0.454 e. The molecule has 39 heavy (non-hydrogen) atoms. The third-order valence-electron chi connectivity index (χ3n) is 8.96. The minimum atomic E-state index is -0.0139. The van der Waals surface area contributed by atoms with Crippen LogP contribution in [0.5, 0.6) is 0 Å². The first-order valence-corrected chi connectivity index (χ1v) is 13.6. The van der Waals surface area contributed by atoms with Gasteiger partial charge in [0.1, 0.15) is 5.58 Å². The summed E-state index contributed by atoms with van der Waals surface area (Å²) >= 11 is 0. The van der Waals surface area contributed by atoms with E-state index in [-0.39, 0.29) is 5.41 Å². The normalized spacial score (nSPS) is 14.1. The molecule has 0 radical (unpaired) electrons. The third-order valence-corrected chi connectivity index (χ3v) is 8.96. The van der Waals surface area contributed by atoms with Crippen molar-refractivity contribution in [2.45, 2.75) is 19.3 Å². The van der Waals surface area contributed by atoms with Crippen molar-refractivity contribution >= 4 is 54.5 Å². The summed E-state index contributed by atoms with van der Waals surface area (Å²) in [5.74, 6) is 0. The summed E-state index contributed by atoms with van der Waals surface area (Å²) in [6.45, 7) is 4.70. The molecular formula is C37H25NO. The van der Waals surface area contributed by atoms with E-state index in [1.165, 1.54) is 54.8 Å². The van der Waals surface area contributed by atoms with Crippen molar-refractivity contribution in [2.24, 2.45) is 0 Å². The Kier molecular flexibility index (Phi) is 3.89. The molecule has 2 heterocycles. The molecular weight excluding hydrogens is 474 g/mol. The van der Waals surface area contributed by atoms with Crippen LogP contribution in [0.4, 0.5) is 0 Å². The SMILES string of the molecule is CC1(C)c2ccccc2-c2cc3cc4c(cc3cc21)c1ccccc1n4-c1cccc2c1oc1ccccc12. The van der Waals surface area contributed by atoms with Gasteiger partial charge in [0.2, 0.25) is 0 Å². The van der Waals surface area contributed by atoms with Gasteiger partial charge in [0, 0.05) is 27.0 Å². The van der Waals surface area contributed by atoms with Gasteiger partial charge < -0.3 is 8.98 Å². The Morgan fingerprint density at radius 1 is 0.538 bits per heavy atom. The first-order valence-electron chi connectivity index (χ1n) is 13.6. The van der Waals surface area contributed by atoms with Crippen LogP contribution in [-0.2, 0) is 5.41 Å². The van der Waals surface area contributed by atoms with Gasteiger partial charge in [-0.2, -0.15) is 0 Å². The number of aromatic nitrogens is 1. The number of para-hydroxylation sites is 3. The predicted molar refractivity (Wildman–Crippen MR) is 163 cm³/mol. The van der Waals surface area contributed by atoms with Gasteiger partial charge in [-0.3, -0.25) is 0 Å². The number of fused-ring (bicyclic) bond motifs is 10. The molecule has 0 unspecified atom stereocenters. The zero-order valence-corrected chi connectivity index (χ0v) is 21.8. The Balaban J connectivity index is 1.41.